The molecule has 0 saturated carbocycles. The van der Waals surface area contributed by atoms with Gasteiger partial charge in [0.1, 0.15) is 4.90 Å². The lowest BCUT2D eigenvalue weighted by Crippen LogP contribution is -2.34. The number of aryl methyl sites for hydroxylation is 1. The fraction of sp³-hybridized carbons (Fsp3) is 0.750. The number of hydrogen-bond donors (Lipinski definition) is 2. The van der Waals surface area contributed by atoms with Gasteiger partial charge in [-0.1, -0.05) is 0 Å². The van der Waals surface area contributed by atoms with Crippen LogP contribution in [0.1, 0.15) is 11.4 Å². The van der Waals surface area contributed by atoms with E-state index in [1.807, 2.05) is 23.5 Å². The predicted octanol–water partition coefficient (Wildman–Crippen LogP) is 0.619. The Kier molecular flexibility index (Phi) is 6.01. The maximum absolute atomic E-state index is 12.5. The van der Waals surface area contributed by atoms with Crippen molar-refractivity contribution < 1.29 is 13.5 Å². The maximum atomic E-state index is 12.5. The number of aliphatic hydroxyl groups excluding tert-OH is 1. The number of thioether (sulfide) groups is 2. The van der Waals surface area contributed by atoms with E-state index >= 15 is 0 Å². The first-order chi connectivity index (χ1) is 9.95. The molecule has 1 fully saturated rings. The Bertz CT molecular complexity index is 580. The van der Waals surface area contributed by atoms with Crippen LogP contribution in [0.15, 0.2) is 4.90 Å². The summed E-state index contributed by atoms with van der Waals surface area (Å²) in [5.74, 6) is 3.19. The lowest BCUT2D eigenvalue weighted by atomic mass is 10.4. The molecular weight excluding hydrogens is 330 g/mol. The quantitative estimate of drug-likeness (QED) is 0.782. The lowest BCUT2D eigenvalue weighted by Gasteiger charge is -2.21. The molecule has 1 aliphatic rings. The van der Waals surface area contributed by atoms with Crippen LogP contribution in [0.25, 0.3) is 0 Å². The van der Waals surface area contributed by atoms with E-state index in [1.165, 1.54) is 4.68 Å². The van der Waals surface area contributed by atoms with E-state index in [9.17, 15) is 8.42 Å². The van der Waals surface area contributed by atoms with Crippen LogP contribution in [0.3, 0.4) is 0 Å². The van der Waals surface area contributed by atoms with Crippen molar-refractivity contribution in [3.63, 3.8) is 0 Å². The molecule has 21 heavy (non-hydrogen) atoms. The fourth-order valence-corrected chi connectivity index (χ4v) is 6.52. The summed E-state index contributed by atoms with van der Waals surface area (Å²) in [6, 6.07) is 0. The van der Waals surface area contributed by atoms with Gasteiger partial charge in [-0.05, 0) is 13.8 Å². The molecule has 120 valence electrons. The average Bonchev–Trinajstić information content (AvgIpc) is 2.73. The molecule has 0 aromatic carbocycles. The lowest BCUT2D eigenvalue weighted by molar-refractivity contribution is 0.267. The monoisotopic (exact) mass is 351 g/mol. The highest BCUT2D eigenvalue weighted by molar-refractivity contribution is 8.06. The fourth-order valence-electron chi connectivity index (χ4n) is 2.31. The van der Waals surface area contributed by atoms with Gasteiger partial charge < -0.3 is 5.11 Å². The number of nitrogens with one attached hydrogen (secondary N) is 1. The first kappa shape index (κ1) is 17.1. The van der Waals surface area contributed by atoms with Crippen LogP contribution in [0.2, 0.25) is 0 Å². The second-order valence-corrected chi connectivity index (χ2v) is 9.13. The number of rotatable bonds is 6. The molecule has 1 aromatic rings. The molecule has 2 N–H and O–H groups in total. The molecule has 6 nitrogen and oxygen atoms in total. The second-order valence-electron chi connectivity index (χ2n) is 4.87. The van der Waals surface area contributed by atoms with Crippen LogP contribution in [0.5, 0.6) is 0 Å². The van der Waals surface area contributed by atoms with Gasteiger partial charge in [0, 0.05) is 29.1 Å². The Hall–Kier alpha value is -0.220. The largest absolute Gasteiger partial charge is 0.394 e. The molecule has 2 heterocycles. The van der Waals surface area contributed by atoms with Crippen molar-refractivity contribution in [2.45, 2.75) is 30.5 Å². The van der Waals surface area contributed by atoms with Crippen LogP contribution in [0.4, 0.5) is 0 Å². The topological polar surface area (TPSA) is 84.2 Å². The number of nitrogens with zero attached hydrogens (tertiary/aromatic N) is 2. The minimum absolute atomic E-state index is 0.0647. The Morgan fingerprint density at radius 3 is 2.81 bits per heavy atom. The molecular formula is C12H21N3O3S3. The van der Waals surface area contributed by atoms with E-state index < -0.39 is 10.0 Å². The van der Waals surface area contributed by atoms with Crippen LogP contribution in [-0.4, -0.2) is 59.0 Å². The summed E-state index contributed by atoms with van der Waals surface area (Å²) in [5, 5.41) is 13.5. The van der Waals surface area contributed by atoms with E-state index in [-0.39, 0.29) is 11.5 Å². The highest BCUT2D eigenvalue weighted by atomic mass is 32.2. The Labute approximate surface area is 134 Å². The zero-order chi connectivity index (χ0) is 15.5. The van der Waals surface area contributed by atoms with Crippen LogP contribution >= 0.6 is 23.5 Å². The molecule has 2 rings (SSSR count). The first-order valence-corrected chi connectivity index (χ1v) is 10.5. The minimum Gasteiger partial charge on any atom is -0.394 e. The third kappa shape index (κ3) is 4.16. The zero-order valence-electron chi connectivity index (χ0n) is 12.2. The normalized spacial score (nSPS) is 19.9. The number of hydrogen-bond acceptors (Lipinski definition) is 6. The van der Waals surface area contributed by atoms with E-state index in [0.717, 1.165) is 17.3 Å². The average molecular weight is 352 g/mol. The smallest absolute Gasteiger partial charge is 0.244 e. The van der Waals surface area contributed by atoms with Crippen molar-refractivity contribution in [2.75, 3.05) is 30.4 Å². The minimum atomic E-state index is -3.56. The van der Waals surface area contributed by atoms with Crippen molar-refractivity contribution in [3.05, 3.63) is 11.4 Å². The maximum Gasteiger partial charge on any atom is 0.244 e. The van der Waals surface area contributed by atoms with Crippen LogP contribution < -0.4 is 4.72 Å². The van der Waals surface area contributed by atoms with Crippen molar-refractivity contribution in [3.8, 4) is 0 Å². The van der Waals surface area contributed by atoms with E-state index in [1.54, 1.807) is 13.8 Å². The number of sulfonamides is 1. The third-order valence-electron chi connectivity index (χ3n) is 3.28. The standard InChI is InChI=1S/C12H21N3O3S3/c1-9-12(10(2)15(14-9)3-4-16)21(17,18)13-7-11-8-19-5-6-20-11/h11,13,16H,3-8H2,1-2H3. The van der Waals surface area contributed by atoms with Gasteiger partial charge in [-0.15, -0.1) is 0 Å². The van der Waals surface area contributed by atoms with Gasteiger partial charge >= 0.3 is 0 Å². The molecule has 0 amide bonds. The van der Waals surface area contributed by atoms with E-state index in [0.29, 0.717) is 29.7 Å². The van der Waals surface area contributed by atoms with Gasteiger partial charge in [0.2, 0.25) is 10.0 Å². The molecule has 1 atom stereocenters. The number of aromatic nitrogens is 2. The summed E-state index contributed by atoms with van der Waals surface area (Å²) < 4.78 is 29.2. The van der Waals surface area contributed by atoms with Gasteiger partial charge in [-0.2, -0.15) is 28.6 Å². The summed E-state index contributed by atoms with van der Waals surface area (Å²) >= 11 is 3.69. The van der Waals surface area contributed by atoms with Gasteiger partial charge in [0.15, 0.2) is 0 Å². The molecule has 0 aliphatic carbocycles. The molecule has 0 bridgehead atoms. The predicted molar refractivity (Wildman–Crippen MR) is 87.5 cm³/mol. The number of aliphatic hydroxyl groups is 1. The summed E-state index contributed by atoms with van der Waals surface area (Å²) in [4.78, 5) is 0.240. The van der Waals surface area contributed by atoms with E-state index in [4.69, 9.17) is 5.11 Å². The molecule has 9 heteroatoms. The van der Waals surface area contributed by atoms with Gasteiger partial charge in [-0.25, -0.2) is 13.1 Å². The summed E-state index contributed by atoms with van der Waals surface area (Å²) in [6.45, 7) is 4.09. The zero-order valence-corrected chi connectivity index (χ0v) is 14.7. The Morgan fingerprint density at radius 2 is 2.19 bits per heavy atom. The first-order valence-electron chi connectivity index (χ1n) is 6.79. The molecule has 0 spiro atoms. The van der Waals surface area contributed by atoms with Crippen molar-refractivity contribution in [1.29, 1.82) is 0 Å². The summed E-state index contributed by atoms with van der Waals surface area (Å²) in [6.07, 6.45) is 0. The summed E-state index contributed by atoms with van der Waals surface area (Å²) in [5.41, 5.74) is 1.04. The Morgan fingerprint density at radius 1 is 1.43 bits per heavy atom. The molecule has 1 aromatic heterocycles. The second kappa shape index (κ2) is 7.36. The van der Waals surface area contributed by atoms with Crippen molar-refractivity contribution >= 4 is 33.5 Å². The highest BCUT2D eigenvalue weighted by Gasteiger charge is 2.26. The SMILES string of the molecule is Cc1nn(CCO)c(C)c1S(=O)(=O)NCC1CSCCS1. The van der Waals surface area contributed by atoms with Crippen molar-refractivity contribution in [1.82, 2.24) is 14.5 Å². The van der Waals surface area contributed by atoms with Gasteiger partial charge in [0.25, 0.3) is 0 Å². The van der Waals surface area contributed by atoms with Gasteiger partial charge in [-0.3, -0.25) is 4.68 Å². The van der Waals surface area contributed by atoms with Crippen LogP contribution in [0, 0.1) is 13.8 Å². The van der Waals surface area contributed by atoms with Crippen molar-refractivity contribution in [2.24, 2.45) is 0 Å². The third-order valence-corrected chi connectivity index (χ3v) is 7.80. The molecule has 0 radical (unpaired) electrons. The Balaban J connectivity index is 2.11. The molecule has 1 aliphatic heterocycles. The summed E-state index contributed by atoms with van der Waals surface area (Å²) in [7, 11) is -3.56. The van der Waals surface area contributed by atoms with E-state index in [2.05, 4.69) is 9.82 Å². The molecule has 1 saturated heterocycles. The molecule has 1 unspecified atom stereocenters. The van der Waals surface area contributed by atoms with Gasteiger partial charge in [0.05, 0.1) is 24.5 Å². The van der Waals surface area contributed by atoms with Crippen LogP contribution in [-0.2, 0) is 16.6 Å². The highest BCUT2D eigenvalue weighted by Crippen LogP contribution is 2.24.